The average Bonchev–Trinajstić information content (AvgIpc) is 3.26. The predicted molar refractivity (Wildman–Crippen MR) is 111 cm³/mol. The van der Waals surface area contributed by atoms with Gasteiger partial charge in [-0.2, -0.15) is 5.26 Å². The van der Waals surface area contributed by atoms with Crippen LogP contribution in [-0.2, 0) is 4.79 Å². The number of nitrogens with zero attached hydrogens (tertiary/aromatic N) is 2. The number of amides is 1. The van der Waals surface area contributed by atoms with Crippen LogP contribution in [0.5, 0.6) is 0 Å². The van der Waals surface area contributed by atoms with Gasteiger partial charge in [0.25, 0.3) is 5.56 Å². The fourth-order valence-electron chi connectivity index (χ4n) is 2.81. The fourth-order valence-corrected chi connectivity index (χ4v) is 3.47. The van der Waals surface area contributed by atoms with Gasteiger partial charge in [-0.25, -0.2) is 4.98 Å². The number of hydrogen-bond acceptors (Lipinski definition) is 6. The summed E-state index contributed by atoms with van der Waals surface area (Å²) in [6, 6.07) is 18.6. The zero-order valence-corrected chi connectivity index (χ0v) is 15.8. The van der Waals surface area contributed by atoms with E-state index in [0.717, 1.165) is 22.5 Å². The molecule has 4 aromatic rings. The van der Waals surface area contributed by atoms with Gasteiger partial charge in [-0.15, -0.1) is 0 Å². The number of anilines is 1. The Balaban J connectivity index is 1.49. The van der Waals surface area contributed by atoms with Crippen LogP contribution in [0.4, 0.5) is 5.69 Å². The molecule has 0 fully saturated rings. The first-order chi connectivity index (χ1) is 14.1. The molecule has 29 heavy (non-hydrogen) atoms. The maximum absolute atomic E-state index is 12.3. The van der Waals surface area contributed by atoms with E-state index in [0.29, 0.717) is 11.4 Å². The highest BCUT2D eigenvalue weighted by atomic mass is 32.2. The summed E-state index contributed by atoms with van der Waals surface area (Å²) in [7, 11) is 0. The van der Waals surface area contributed by atoms with Crippen LogP contribution in [0.1, 0.15) is 5.56 Å². The number of nitrogens with one attached hydrogen (secondary N) is 2. The molecule has 2 aromatic heterocycles. The zero-order valence-electron chi connectivity index (χ0n) is 15.0. The first-order valence-corrected chi connectivity index (χ1v) is 9.62. The highest BCUT2D eigenvalue weighted by Gasteiger charge is 2.16. The Kier molecular flexibility index (Phi) is 5.14. The van der Waals surface area contributed by atoms with Crippen molar-refractivity contribution in [1.29, 1.82) is 5.26 Å². The molecule has 1 amide bonds. The Morgan fingerprint density at radius 2 is 2.00 bits per heavy atom. The smallest absolute Gasteiger partial charge is 0.270 e. The third-order valence-corrected chi connectivity index (χ3v) is 5.01. The Morgan fingerprint density at radius 3 is 2.76 bits per heavy atom. The second-order valence-electron chi connectivity index (χ2n) is 6.08. The Labute approximate surface area is 169 Å². The molecule has 2 N–H and O–H groups in total. The first-order valence-electron chi connectivity index (χ1n) is 8.64. The number of fused-ring (bicyclic) bond motifs is 1. The van der Waals surface area contributed by atoms with Gasteiger partial charge in [-0.1, -0.05) is 42.1 Å². The molecule has 4 rings (SSSR count). The molecular weight excluding hydrogens is 388 g/mol. The van der Waals surface area contributed by atoms with Crippen LogP contribution < -0.4 is 10.9 Å². The van der Waals surface area contributed by atoms with Gasteiger partial charge in [-0.05, 0) is 35.0 Å². The second kappa shape index (κ2) is 8.04. The van der Waals surface area contributed by atoms with Crippen molar-refractivity contribution in [3.05, 3.63) is 76.8 Å². The fraction of sp³-hybridized carbons (Fsp3) is 0.0476. The highest BCUT2D eigenvalue weighted by molar-refractivity contribution is 7.99. The topological polar surface area (TPSA) is 112 Å². The van der Waals surface area contributed by atoms with Gasteiger partial charge in [0.15, 0.2) is 10.9 Å². The van der Waals surface area contributed by atoms with E-state index >= 15 is 0 Å². The quantitative estimate of drug-likeness (QED) is 0.388. The SMILES string of the molecule is N#Cc1c(-c2ccco2)nc(SCC(=O)Nc2ccc3ccccc3c2)[nH]c1=O. The van der Waals surface area contributed by atoms with E-state index < -0.39 is 5.56 Å². The molecule has 0 atom stereocenters. The molecule has 0 aliphatic heterocycles. The number of hydrogen-bond donors (Lipinski definition) is 2. The first kappa shape index (κ1) is 18.5. The van der Waals surface area contributed by atoms with Crippen LogP contribution in [0, 0.1) is 11.3 Å². The molecule has 0 aliphatic carbocycles. The summed E-state index contributed by atoms with van der Waals surface area (Å²) in [6.45, 7) is 0. The highest BCUT2D eigenvalue weighted by Crippen LogP contribution is 2.23. The van der Waals surface area contributed by atoms with Gasteiger partial charge in [0.1, 0.15) is 17.3 Å². The summed E-state index contributed by atoms with van der Waals surface area (Å²) in [5.41, 5.74) is 0.127. The molecule has 0 saturated heterocycles. The summed E-state index contributed by atoms with van der Waals surface area (Å²) in [5.74, 6) is 0.117. The van der Waals surface area contributed by atoms with Crippen molar-refractivity contribution in [2.45, 2.75) is 5.16 Å². The molecule has 0 spiro atoms. The summed E-state index contributed by atoms with van der Waals surface area (Å²) in [5, 5.41) is 14.4. The van der Waals surface area contributed by atoms with E-state index in [2.05, 4.69) is 15.3 Å². The molecular formula is C21H14N4O3S. The average molecular weight is 402 g/mol. The summed E-state index contributed by atoms with van der Waals surface area (Å²) < 4.78 is 5.26. The lowest BCUT2D eigenvalue weighted by atomic mass is 10.1. The third kappa shape index (κ3) is 4.05. The monoisotopic (exact) mass is 402 g/mol. The molecule has 142 valence electrons. The largest absolute Gasteiger partial charge is 0.463 e. The number of rotatable bonds is 5. The van der Waals surface area contributed by atoms with Crippen molar-refractivity contribution in [2.24, 2.45) is 0 Å². The van der Waals surface area contributed by atoms with Gasteiger partial charge >= 0.3 is 0 Å². The lowest BCUT2D eigenvalue weighted by Crippen LogP contribution is -2.17. The van der Waals surface area contributed by atoms with E-state index in [1.807, 2.05) is 48.5 Å². The predicted octanol–water partition coefficient (Wildman–Crippen LogP) is 3.79. The van der Waals surface area contributed by atoms with E-state index in [-0.39, 0.29) is 28.1 Å². The number of aromatic amines is 1. The minimum Gasteiger partial charge on any atom is -0.463 e. The van der Waals surface area contributed by atoms with Crippen LogP contribution in [0.2, 0.25) is 0 Å². The molecule has 0 saturated carbocycles. The summed E-state index contributed by atoms with van der Waals surface area (Å²) in [4.78, 5) is 31.3. The third-order valence-electron chi connectivity index (χ3n) is 4.14. The molecule has 8 heteroatoms. The normalized spacial score (nSPS) is 10.6. The second-order valence-corrected chi connectivity index (χ2v) is 7.05. The maximum atomic E-state index is 12.3. The van der Waals surface area contributed by atoms with Crippen molar-refractivity contribution in [3.63, 3.8) is 0 Å². The number of nitriles is 1. The lowest BCUT2D eigenvalue weighted by Gasteiger charge is -2.07. The number of benzene rings is 2. The van der Waals surface area contributed by atoms with E-state index in [1.165, 1.54) is 6.26 Å². The minimum atomic E-state index is -0.577. The number of carbonyl (C=O) groups excluding carboxylic acids is 1. The number of H-pyrrole nitrogens is 1. The molecule has 0 radical (unpaired) electrons. The van der Waals surface area contributed by atoms with Crippen LogP contribution >= 0.6 is 11.8 Å². The van der Waals surface area contributed by atoms with Gasteiger partial charge in [0.2, 0.25) is 5.91 Å². The number of aromatic nitrogens is 2. The number of thioether (sulfide) groups is 1. The Morgan fingerprint density at radius 1 is 1.17 bits per heavy atom. The van der Waals surface area contributed by atoms with Gasteiger partial charge in [-0.3, -0.25) is 9.59 Å². The van der Waals surface area contributed by atoms with Crippen molar-refractivity contribution in [2.75, 3.05) is 11.1 Å². The molecule has 2 aromatic carbocycles. The molecule has 2 heterocycles. The molecule has 0 unspecified atom stereocenters. The van der Waals surface area contributed by atoms with Gasteiger partial charge in [0, 0.05) is 5.69 Å². The van der Waals surface area contributed by atoms with Crippen molar-refractivity contribution < 1.29 is 9.21 Å². The zero-order chi connectivity index (χ0) is 20.2. The van der Waals surface area contributed by atoms with Crippen molar-refractivity contribution >= 4 is 34.1 Å². The molecule has 7 nitrogen and oxygen atoms in total. The Hall–Kier alpha value is -3.83. The number of carbonyl (C=O) groups is 1. The summed E-state index contributed by atoms with van der Waals surface area (Å²) >= 11 is 1.07. The van der Waals surface area contributed by atoms with Crippen LogP contribution in [-0.4, -0.2) is 21.6 Å². The van der Waals surface area contributed by atoms with Crippen molar-refractivity contribution in [1.82, 2.24) is 9.97 Å². The standard InChI is InChI=1S/C21H14N4O3S/c22-11-16-19(17-6-3-9-28-17)24-21(25-20(16)27)29-12-18(26)23-15-8-7-13-4-1-2-5-14(13)10-15/h1-10H,12H2,(H,23,26)(H,24,25,27). The lowest BCUT2D eigenvalue weighted by molar-refractivity contribution is -0.113. The Bertz CT molecular complexity index is 1290. The maximum Gasteiger partial charge on any atom is 0.270 e. The van der Waals surface area contributed by atoms with E-state index in [4.69, 9.17) is 4.42 Å². The van der Waals surface area contributed by atoms with Crippen LogP contribution in [0.3, 0.4) is 0 Å². The van der Waals surface area contributed by atoms with Crippen LogP contribution in [0.25, 0.3) is 22.2 Å². The molecule has 0 aliphatic rings. The van der Waals surface area contributed by atoms with Gasteiger partial charge < -0.3 is 14.7 Å². The van der Waals surface area contributed by atoms with Gasteiger partial charge in [0.05, 0.1) is 12.0 Å². The van der Waals surface area contributed by atoms with E-state index in [1.54, 1.807) is 12.1 Å². The molecule has 0 bridgehead atoms. The minimum absolute atomic E-state index is 0.0409. The number of furan rings is 1. The van der Waals surface area contributed by atoms with E-state index in [9.17, 15) is 14.9 Å². The van der Waals surface area contributed by atoms with Crippen molar-refractivity contribution in [3.8, 4) is 17.5 Å². The van der Waals surface area contributed by atoms with Crippen LogP contribution in [0.15, 0.2) is 75.2 Å². The summed E-state index contributed by atoms with van der Waals surface area (Å²) in [6.07, 6.45) is 1.43.